The average Bonchev–Trinajstić information content (AvgIpc) is 3.38. The topological polar surface area (TPSA) is 3.24 Å². The molecule has 302 valence electrons. The quantitative estimate of drug-likeness (QED) is 0.133. The predicted molar refractivity (Wildman–Crippen MR) is 273 cm³/mol. The molecule has 1 nitrogen and oxygen atoms in total. The van der Waals surface area contributed by atoms with Gasteiger partial charge >= 0.3 is 0 Å². The zero-order valence-corrected chi connectivity index (χ0v) is 35.5. The van der Waals surface area contributed by atoms with Gasteiger partial charge < -0.3 is 4.90 Å². The number of rotatable bonds is 10. The molecule has 0 aliphatic rings. The van der Waals surface area contributed by atoms with Crippen LogP contribution in [0, 0.1) is 0 Å². The lowest BCUT2D eigenvalue weighted by Gasteiger charge is -2.26. The Hall–Kier alpha value is -8.26. The number of hydrogen-bond acceptors (Lipinski definition) is 1. The van der Waals surface area contributed by atoms with Crippen LogP contribution in [0.4, 0.5) is 11.4 Å². The maximum absolute atomic E-state index is 2.45. The van der Waals surface area contributed by atoms with Crippen molar-refractivity contribution in [3.8, 4) is 66.8 Å². The fourth-order valence-corrected chi connectivity index (χ4v) is 9.34. The van der Waals surface area contributed by atoms with E-state index in [-0.39, 0.29) is 0 Å². The summed E-state index contributed by atoms with van der Waals surface area (Å²) in [6, 6.07) is 94.9. The lowest BCUT2D eigenvalue weighted by molar-refractivity contribution is 0.976. The standard InChI is InChI=1S/C63H45N/c1-2-17-47(18-3-1)58-26-10-12-29-62(58)63-30-13-11-27-59(63)49-34-32-45(33-35-49)44-64(55-23-14-22-52(43-55)61-31-15-21-48-19-6-7-24-56(48)61)54-40-38-50(39-41-54)57-25-8-9-28-60(57)53-37-36-46-16-4-5-20-51(46)42-53/h1-43H,44H2. The lowest BCUT2D eigenvalue weighted by atomic mass is 9.89. The second-order valence-electron chi connectivity index (χ2n) is 16.5. The van der Waals surface area contributed by atoms with Crippen molar-refractivity contribution in [1.29, 1.82) is 0 Å². The molecule has 0 spiro atoms. The first-order valence-electron chi connectivity index (χ1n) is 22.1. The van der Waals surface area contributed by atoms with Crippen LogP contribution in [-0.2, 0) is 6.54 Å². The fourth-order valence-electron chi connectivity index (χ4n) is 9.34. The first-order valence-corrected chi connectivity index (χ1v) is 22.1. The van der Waals surface area contributed by atoms with Crippen molar-refractivity contribution < 1.29 is 0 Å². The van der Waals surface area contributed by atoms with Gasteiger partial charge in [0.2, 0.25) is 0 Å². The molecule has 0 aliphatic heterocycles. The van der Waals surface area contributed by atoms with E-state index in [1.54, 1.807) is 0 Å². The van der Waals surface area contributed by atoms with Gasteiger partial charge in [-0.05, 0) is 124 Å². The first kappa shape index (κ1) is 38.6. The summed E-state index contributed by atoms with van der Waals surface area (Å²) in [7, 11) is 0. The van der Waals surface area contributed by atoms with E-state index in [9.17, 15) is 0 Å². The molecule has 1 heteroatoms. The van der Waals surface area contributed by atoms with Crippen molar-refractivity contribution in [1.82, 2.24) is 0 Å². The Morgan fingerprint density at radius 3 is 1.36 bits per heavy atom. The van der Waals surface area contributed by atoms with Crippen LogP contribution in [0.2, 0.25) is 0 Å². The third-order valence-corrected chi connectivity index (χ3v) is 12.6. The van der Waals surface area contributed by atoms with Gasteiger partial charge in [-0.25, -0.2) is 0 Å². The van der Waals surface area contributed by atoms with Crippen LogP contribution >= 0.6 is 0 Å². The molecule has 11 rings (SSSR count). The first-order chi connectivity index (χ1) is 31.7. The van der Waals surface area contributed by atoms with E-state index in [0.29, 0.717) is 6.54 Å². The van der Waals surface area contributed by atoms with Crippen LogP contribution in [0.25, 0.3) is 88.3 Å². The monoisotopic (exact) mass is 815 g/mol. The van der Waals surface area contributed by atoms with E-state index in [1.165, 1.54) is 93.9 Å². The van der Waals surface area contributed by atoms with E-state index in [1.807, 2.05) is 0 Å². The predicted octanol–water partition coefficient (Wildman–Crippen LogP) is 17.3. The molecule has 0 unspecified atom stereocenters. The minimum atomic E-state index is 0.699. The Morgan fingerprint density at radius 1 is 0.234 bits per heavy atom. The van der Waals surface area contributed by atoms with Crippen molar-refractivity contribution in [3.63, 3.8) is 0 Å². The van der Waals surface area contributed by atoms with Crippen molar-refractivity contribution in [2.75, 3.05) is 4.90 Å². The molecule has 0 amide bonds. The Balaban J connectivity index is 0.960. The molecular formula is C63H45N. The van der Waals surface area contributed by atoms with Gasteiger partial charge in [0.15, 0.2) is 0 Å². The third kappa shape index (κ3) is 7.65. The molecule has 0 saturated carbocycles. The Kier molecular flexibility index (Phi) is 10.4. The van der Waals surface area contributed by atoms with Crippen LogP contribution in [-0.4, -0.2) is 0 Å². The summed E-state index contributed by atoms with van der Waals surface area (Å²) in [6.45, 7) is 0.699. The van der Waals surface area contributed by atoms with Crippen molar-refractivity contribution in [2.24, 2.45) is 0 Å². The van der Waals surface area contributed by atoms with Crippen molar-refractivity contribution in [2.45, 2.75) is 6.54 Å². The molecule has 0 saturated heterocycles. The summed E-state index contributed by atoms with van der Waals surface area (Å²) in [6.07, 6.45) is 0. The van der Waals surface area contributed by atoms with Crippen molar-refractivity contribution in [3.05, 3.63) is 266 Å². The molecule has 0 aromatic heterocycles. The number of anilines is 2. The summed E-state index contributed by atoms with van der Waals surface area (Å²) < 4.78 is 0. The largest absolute Gasteiger partial charge is 0.337 e. The third-order valence-electron chi connectivity index (χ3n) is 12.6. The lowest BCUT2D eigenvalue weighted by Crippen LogP contribution is -2.16. The highest BCUT2D eigenvalue weighted by molar-refractivity contribution is 5.98. The van der Waals surface area contributed by atoms with E-state index in [4.69, 9.17) is 0 Å². The van der Waals surface area contributed by atoms with Gasteiger partial charge in [0, 0.05) is 17.9 Å². The van der Waals surface area contributed by atoms with Crippen LogP contribution in [0.15, 0.2) is 261 Å². The van der Waals surface area contributed by atoms with E-state index in [0.717, 1.165) is 11.4 Å². The zero-order valence-electron chi connectivity index (χ0n) is 35.5. The van der Waals surface area contributed by atoms with Gasteiger partial charge in [-0.2, -0.15) is 0 Å². The molecule has 0 heterocycles. The van der Waals surface area contributed by atoms with Gasteiger partial charge in [0.25, 0.3) is 0 Å². The molecule has 0 atom stereocenters. The maximum Gasteiger partial charge on any atom is 0.0481 e. The van der Waals surface area contributed by atoms with Gasteiger partial charge in [0.1, 0.15) is 0 Å². The summed E-state index contributed by atoms with van der Waals surface area (Å²) in [5, 5.41) is 5.00. The van der Waals surface area contributed by atoms with Gasteiger partial charge in [-0.15, -0.1) is 0 Å². The summed E-state index contributed by atoms with van der Waals surface area (Å²) in [4.78, 5) is 2.45. The highest BCUT2D eigenvalue weighted by atomic mass is 15.1. The smallest absolute Gasteiger partial charge is 0.0481 e. The van der Waals surface area contributed by atoms with Gasteiger partial charge in [0.05, 0.1) is 0 Å². The highest BCUT2D eigenvalue weighted by Crippen LogP contribution is 2.40. The Labute approximate surface area is 375 Å². The van der Waals surface area contributed by atoms with Crippen LogP contribution in [0.3, 0.4) is 0 Å². The molecule has 0 N–H and O–H groups in total. The maximum atomic E-state index is 2.45. The molecule has 11 aromatic carbocycles. The number of nitrogens with zero attached hydrogens (tertiary/aromatic N) is 1. The van der Waals surface area contributed by atoms with Crippen LogP contribution < -0.4 is 4.90 Å². The minimum Gasteiger partial charge on any atom is -0.337 e. The van der Waals surface area contributed by atoms with Crippen LogP contribution in [0.1, 0.15) is 5.56 Å². The van der Waals surface area contributed by atoms with E-state index in [2.05, 4.69) is 266 Å². The van der Waals surface area contributed by atoms with E-state index >= 15 is 0 Å². The fraction of sp³-hybridized carbons (Fsp3) is 0.0159. The number of hydrogen-bond donors (Lipinski definition) is 0. The van der Waals surface area contributed by atoms with Crippen LogP contribution in [0.5, 0.6) is 0 Å². The van der Waals surface area contributed by atoms with Gasteiger partial charge in [-0.3, -0.25) is 0 Å². The molecule has 0 radical (unpaired) electrons. The minimum absolute atomic E-state index is 0.699. The normalized spacial score (nSPS) is 11.2. The molecule has 64 heavy (non-hydrogen) atoms. The average molecular weight is 816 g/mol. The molecule has 0 bridgehead atoms. The Morgan fingerprint density at radius 2 is 0.672 bits per heavy atom. The second kappa shape index (κ2) is 17.2. The molecule has 0 fully saturated rings. The number of fused-ring (bicyclic) bond motifs is 2. The summed E-state index contributed by atoms with van der Waals surface area (Å²) >= 11 is 0. The van der Waals surface area contributed by atoms with E-state index < -0.39 is 0 Å². The highest BCUT2D eigenvalue weighted by Gasteiger charge is 2.16. The molecule has 11 aromatic rings. The summed E-state index contributed by atoms with van der Waals surface area (Å²) in [5.41, 5.74) is 18.1. The van der Waals surface area contributed by atoms with Gasteiger partial charge in [-0.1, -0.05) is 231 Å². The second-order valence-corrected chi connectivity index (χ2v) is 16.5. The zero-order chi connectivity index (χ0) is 42.7. The molecular weight excluding hydrogens is 771 g/mol. The Bertz CT molecular complexity index is 3400. The summed E-state index contributed by atoms with van der Waals surface area (Å²) in [5.74, 6) is 0. The molecule has 0 aliphatic carbocycles. The number of benzene rings is 11. The van der Waals surface area contributed by atoms with Crippen molar-refractivity contribution >= 4 is 32.9 Å². The SMILES string of the molecule is c1ccc(-c2ccccc2-c2ccccc2-c2ccc(CN(c3ccc(-c4ccccc4-c4ccc5ccccc5c4)cc3)c3cccc(-c4cccc5ccccc45)c3)cc2)cc1.